The van der Waals surface area contributed by atoms with E-state index < -0.39 is 0 Å². The van der Waals surface area contributed by atoms with Crippen molar-refractivity contribution >= 4 is 23.4 Å². The highest BCUT2D eigenvalue weighted by Gasteiger charge is 2.03. The number of aromatic nitrogens is 1. The van der Waals surface area contributed by atoms with Crippen molar-refractivity contribution in [1.82, 2.24) is 4.98 Å². The molecule has 13 heavy (non-hydrogen) atoms. The molecule has 0 radical (unpaired) electrons. The molecular formula is C9H12ClNOS. The summed E-state index contributed by atoms with van der Waals surface area (Å²) in [5.41, 5.74) is 0.962. The number of hydrogen-bond donors (Lipinski definition) is 0. The summed E-state index contributed by atoms with van der Waals surface area (Å²) in [4.78, 5) is 4.24. The standard InChI is InChI=1S/C9H12ClNOS/c1-7-8(2)12-9(11-7)13-6-4-3-5-10/h3-4H,5-6H2,1-2H3/b4-3+. The van der Waals surface area contributed by atoms with Gasteiger partial charge in [0.25, 0.3) is 5.22 Å². The van der Waals surface area contributed by atoms with Gasteiger partial charge in [-0.3, -0.25) is 0 Å². The third-order valence-electron chi connectivity index (χ3n) is 1.57. The number of alkyl halides is 1. The number of nitrogens with zero attached hydrogens (tertiary/aromatic N) is 1. The molecular weight excluding hydrogens is 206 g/mol. The summed E-state index contributed by atoms with van der Waals surface area (Å²) in [6.07, 6.45) is 3.92. The molecule has 0 aliphatic carbocycles. The van der Waals surface area contributed by atoms with E-state index in [1.165, 1.54) is 0 Å². The summed E-state index contributed by atoms with van der Waals surface area (Å²) in [7, 11) is 0. The summed E-state index contributed by atoms with van der Waals surface area (Å²) in [5, 5.41) is 0.731. The fourth-order valence-electron chi connectivity index (χ4n) is 0.755. The highest BCUT2D eigenvalue weighted by molar-refractivity contribution is 7.99. The molecule has 4 heteroatoms. The van der Waals surface area contributed by atoms with E-state index in [-0.39, 0.29) is 0 Å². The fraction of sp³-hybridized carbons (Fsp3) is 0.444. The highest BCUT2D eigenvalue weighted by Crippen LogP contribution is 2.19. The second kappa shape index (κ2) is 5.35. The lowest BCUT2D eigenvalue weighted by atomic mass is 10.4. The minimum atomic E-state index is 0.560. The van der Waals surface area contributed by atoms with Gasteiger partial charge in [-0.25, -0.2) is 4.98 Å². The smallest absolute Gasteiger partial charge is 0.256 e. The van der Waals surface area contributed by atoms with Gasteiger partial charge < -0.3 is 4.42 Å². The van der Waals surface area contributed by atoms with E-state index >= 15 is 0 Å². The summed E-state index contributed by atoms with van der Waals surface area (Å²) in [5.74, 6) is 2.31. The summed E-state index contributed by atoms with van der Waals surface area (Å²) < 4.78 is 5.38. The minimum Gasteiger partial charge on any atom is -0.437 e. The van der Waals surface area contributed by atoms with Crippen LogP contribution >= 0.6 is 23.4 Å². The van der Waals surface area contributed by atoms with Crippen molar-refractivity contribution < 1.29 is 4.42 Å². The summed E-state index contributed by atoms with van der Waals surface area (Å²) in [6.45, 7) is 3.86. The summed E-state index contributed by atoms with van der Waals surface area (Å²) >= 11 is 7.05. The maximum absolute atomic E-state index is 5.48. The SMILES string of the molecule is Cc1nc(SC/C=C/CCl)oc1C. The van der Waals surface area contributed by atoms with E-state index in [0.717, 1.165) is 22.4 Å². The molecule has 0 unspecified atom stereocenters. The van der Waals surface area contributed by atoms with Gasteiger partial charge >= 0.3 is 0 Å². The molecule has 2 nitrogen and oxygen atoms in total. The monoisotopic (exact) mass is 217 g/mol. The summed E-state index contributed by atoms with van der Waals surface area (Å²) in [6, 6.07) is 0. The average molecular weight is 218 g/mol. The van der Waals surface area contributed by atoms with Crippen LogP contribution in [0.3, 0.4) is 0 Å². The predicted octanol–water partition coefficient (Wildman–Crippen LogP) is 3.18. The van der Waals surface area contributed by atoms with Gasteiger partial charge in [-0.1, -0.05) is 23.9 Å². The molecule has 0 bridgehead atoms. The molecule has 1 aromatic rings. The number of thioether (sulfide) groups is 1. The number of halogens is 1. The number of hydrogen-bond acceptors (Lipinski definition) is 3. The number of aryl methyl sites for hydroxylation is 2. The molecule has 0 saturated heterocycles. The van der Waals surface area contributed by atoms with Gasteiger partial charge in [0.2, 0.25) is 0 Å². The number of rotatable bonds is 4. The Kier molecular flexibility index (Phi) is 4.39. The van der Waals surface area contributed by atoms with Crippen molar-refractivity contribution in [2.24, 2.45) is 0 Å². The van der Waals surface area contributed by atoms with Crippen LogP contribution in [-0.4, -0.2) is 16.6 Å². The molecule has 72 valence electrons. The maximum Gasteiger partial charge on any atom is 0.256 e. The van der Waals surface area contributed by atoms with E-state index in [2.05, 4.69) is 4.98 Å². The van der Waals surface area contributed by atoms with Gasteiger partial charge in [-0.2, -0.15) is 0 Å². The van der Waals surface area contributed by atoms with E-state index in [4.69, 9.17) is 16.0 Å². The van der Waals surface area contributed by atoms with E-state index in [1.807, 2.05) is 26.0 Å². The number of oxazole rings is 1. The second-order valence-corrected chi connectivity index (χ2v) is 3.84. The average Bonchev–Trinajstić information content (AvgIpc) is 2.41. The van der Waals surface area contributed by atoms with Crippen molar-refractivity contribution in [3.63, 3.8) is 0 Å². The van der Waals surface area contributed by atoms with E-state index in [9.17, 15) is 0 Å². The van der Waals surface area contributed by atoms with Gasteiger partial charge in [0.1, 0.15) is 5.76 Å². The Bertz CT molecular complexity index is 276. The van der Waals surface area contributed by atoms with Gasteiger partial charge in [0.15, 0.2) is 0 Å². The van der Waals surface area contributed by atoms with Gasteiger partial charge in [0, 0.05) is 11.6 Å². The first-order chi connectivity index (χ1) is 6.24. The van der Waals surface area contributed by atoms with Crippen LogP contribution in [0.1, 0.15) is 11.5 Å². The molecule has 0 aliphatic rings. The van der Waals surface area contributed by atoms with Crippen molar-refractivity contribution in [3.05, 3.63) is 23.6 Å². The Morgan fingerprint density at radius 2 is 2.23 bits per heavy atom. The van der Waals surface area contributed by atoms with Crippen LogP contribution in [0, 0.1) is 13.8 Å². The zero-order chi connectivity index (χ0) is 9.68. The van der Waals surface area contributed by atoms with Crippen molar-refractivity contribution in [2.45, 2.75) is 19.1 Å². The molecule has 0 aromatic carbocycles. The third kappa shape index (κ3) is 3.44. The first kappa shape index (κ1) is 10.7. The third-order valence-corrected chi connectivity index (χ3v) is 2.53. The maximum atomic E-state index is 5.48. The van der Waals surface area contributed by atoms with Crippen molar-refractivity contribution in [1.29, 1.82) is 0 Å². The second-order valence-electron chi connectivity index (χ2n) is 2.56. The van der Waals surface area contributed by atoms with Crippen LogP contribution in [0.2, 0.25) is 0 Å². The minimum absolute atomic E-state index is 0.560. The molecule has 0 spiro atoms. The first-order valence-electron chi connectivity index (χ1n) is 4.02. The van der Waals surface area contributed by atoms with Crippen LogP contribution in [0.25, 0.3) is 0 Å². The van der Waals surface area contributed by atoms with Gasteiger partial charge in [-0.05, 0) is 13.8 Å². The molecule has 1 aromatic heterocycles. The van der Waals surface area contributed by atoms with Crippen LogP contribution < -0.4 is 0 Å². The largest absolute Gasteiger partial charge is 0.437 e. The first-order valence-corrected chi connectivity index (χ1v) is 5.54. The molecule has 0 atom stereocenters. The molecule has 0 fully saturated rings. The Morgan fingerprint density at radius 1 is 1.46 bits per heavy atom. The van der Waals surface area contributed by atoms with Crippen LogP contribution in [0.4, 0.5) is 0 Å². The van der Waals surface area contributed by atoms with Gasteiger partial charge in [-0.15, -0.1) is 11.6 Å². The molecule has 0 N–H and O–H groups in total. The van der Waals surface area contributed by atoms with Crippen molar-refractivity contribution in [2.75, 3.05) is 11.6 Å². The molecule has 0 saturated carbocycles. The lowest BCUT2D eigenvalue weighted by Crippen LogP contribution is -1.75. The molecule has 1 heterocycles. The Hall–Kier alpha value is -0.410. The Labute approximate surface area is 87.4 Å². The predicted molar refractivity (Wildman–Crippen MR) is 56.6 cm³/mol. The Morgan fingerprint density at radius 3 is 2.77 bits per heavy atom. The lowest BCUT2D eigenvalue weighted by Gasteiger charge is -1.88. The molecule has 0 amide bonds. The quantitative estimate of drug-likeness (QED) is 0.440. The Balaban J connectivity index is 2.41. The van der Waals surface area contributed by atoms with E-state index in [0.29, 0.717) is 5.88 Å². The zero-order valence-corrected chi connectivity index (χ0v) is 9.28. The zero-order valence-electron chi connectivity index (χ0n) is 7.71. The van der Waals surface area contributed by atoms with Crippen LogP contribution in [-0.2, 0) is 0 Å². The van der Waals surface area contributed by atoms with Crippen LogP contribution in [0.5, 0.6) is 0 Å². The van der Waals surface area contributed by atoms with Crippen molar-refractivity contribution in [3.8, 4) is 0 Å². The lowest BCUT2D eigenvalue weighted by molar-refractivity contribution is 0.431. The van der Waals surface area contributed by atoms with E-state index in [1.54, 1.807) is 11.8 Å². The number of allylic oxidation sites excluding steroid dienone is 1. The topological polar surface area (TPSA) is 26.0 Å². The highest BCUT2D eigenvalue weighted by atomic mass is 35.5. The van der Waals surface area contributed by atoms with Crippen LogP contribution in [0.15, 0.2) is 21.8 Å². The molecule has 1 rings (SSSR count). The normalized spacial score (nSPS) is 11.3. The van der Waals surface area contributed by atoms with Gasteiger partial charge in [0.05, 0.1) is 5.69 Å². The molecule has 0 aliphatic heterocycles. The fourth-order valence-corrected chi connectivity index (χ4v) is 1.64.